The van der Waals surface area contributed by atoms with Gasteiger partial charge in [-0.05, 0) is 31.2 Å². The van der Waals surface area contributed by atoms with Crippen LogP contribution in [0.15, 0.2) is 24.3 Å². The number of nitrogen functional groups attached to an aromatic ring is 1. The Morgan fingerprint density at radius 1 is 1.37 bits per heavy atom. The van der Waals surface area contributed by atoms with Crippen molar-refractivity contribution < 1.29 is 4.79 Å². The van der Waals surface area contributed by atoms with E-state index in [1.54, 1.807) is 11.3 Å². The second kappa shape index (κ2) is 5.82. The lowest BCUT2D eigenvalue weighted by atomic mass is 10.2. The number of hydrogen-bond acceptors (Lipinski definition) is 3. The number of nitrogens with one attached hydrogen (secondary N) is 1. The van der Waals surface area contributed by atoms with Gasteiger partial charge in [-0.3, -0.25) is 4.79 Å². The minimum atomic E-state index is -0.226. The first kappa shape index (κ1) is 14.2. The van der Waals surface area contributed by atoms with E-state index in [9.17, 15) is 4.79 Å². The number of thiophene rings is 1. The molecule has 0 atom stereocenters. The number of halogens is 2. The van der Waals surface area contributed by atoms with Crippen molar-refractivity contribution in [2.24, 2.45) is 0 Å². The molecule has 0 bridgehead atoms. The molecule has 1 amide bonds. The summed E-state index contributed by atoms with van der Waals surface area (Å²) in [5, 5.41) is 3.36. The molecule has 100 valence electrons. The molecular weight excluding hydrogens is 303 g/mol. The molecule has 19 heavy (non-hydrogen) atoms. The van der Waals surface area contributed by atoms with Gasteiger partial charge in [0.1, 0.15) is 0 Å². The summed E-state index contributed by atoms with van der Waals surface area (Å²) in [6, 6.07) is 7.03. The second-order valence-corrected chi connectivity index (χ2v) is 6.21. The fraction of sp³-hybridized carbons (Fsp3) is 0.154. The molecule has 0 aliphatic heterocycles. The van der Waals surface area contributed by atoms with Gasteiger partial charge in [0.05, 0.1) is 22.3 Å². The van der Waals surface area contributed by atoms with Gasteiger partial charge in [-0.2, -0.15) is 0 Å². The molecule has 1 aromatic carbocycles. The van der Waals surface area contributed by atoms with Crippen molar-refractivity contribution in [2.75, 3.05) is 5.73 Å². The van der Waals surface area contributed by atoms with Crippen molar-refractivity contribution in [2.45, 2.75) is 13.5 Å². The van der Waals surface area contributed by atoms with Crippen molar-refractivity contribution in [3.8, 4) is 0 Å². The smallest absolute Gasteiger partial charge is 0.251 e. The quantitative estimate of drug-likeness (QED) is 0.845. The third-order valence-corrected chi connectivity index (χ3v) is 4.36. The number of rotatable bonds is 3. The molecule has 2 rings (SSSR count). The van der Waals surface area contributed by atoms with Crippen LogP contribution in [0.2, 0.25) is 10.0 Å². The van der Waals surface area contributed by atoms with Crippen LogP contribution in [0.5, 0.6) is 0 Å². The normalized spacial score (nSPS) is 10.5. The Bertz CT molecular complexity index is 602. The molecule has 3 nitrogen and oxygen atoms in total. The van der Waals surface area contributed by atoms with Crippen LogP contribution < -0.4 is 11.1 Å². The number of aryl methyl sites for hydroxylation is 1. The Hall–Kier alpha value is -1.23. The number of anilines is 1. The van der Waals surface area contributed by atoms with Crippen molar-refractivity contribution in [3.05, 3.63) is 49.6 Å². The summed E-state index contributed by atoms with van der Waals surface area (Å²) in [6.45, 7) is 2.51. The Morgan fingerprint density at radius 3 is 2.68 bits per heavy atom. The summed E-state index contributed by atoms with van der Waals surface area (Å²) < 4.78 is 0. The SMILES string of the molecule is Cc1ccc(CNC(=O)c2cc(N)c(Cl)c(Cl)c2)s1. The average Bonchev–Trinajstić information content (AvgIpc) is 2.78. The predicted molar refractivity (Wildman–Crippen MR) is 81.1 cm³/mol. The average molecular weight is 315 g/mol. The van der Waals surface area contributed by atoms with Gasteiger partial charge in [0.15, 0.2) is 0 Å². The molecule has 0 unspecified atom stereocenters. The van der Waals surface area contributed by atoms with Crippen molar-refractivity contribution >= 4 is 46.1 Å². The number of amides is 1. The lowest BCUT2D eigenvalue weighted by Crippen LogP contribution is -2.22. The highest BCUT2D eigenvalue weighted by Crippen LogP contribution is 2.29. The number of benzene rings is 1. The number of hydrogen-bond donors (Lipinski definition) is 2. The zero-order chi connectivity index (χ0) is 14.0. The van der Waals surface area contributed by atoms with Crippen LogP contribution in [0.1, 0.15) is 20.1 Å². The first-order chi connectivity index (χ1) is 8.97. The van der Waals surface area contributed by atoms with E-state index in [0.29, 0.717) is 17.8 Å². The van der Waals surface area contributed by atoms with Crippen molar-refractivity contribution in [1.82, 2.24) is 5.32 Å². The molecule has 0 saturated carbocycles. The van der Waals surface area contributed by atoms with Crippen LogP contribution in [0.4, 0.5) is 5.69 Å². The highest BCUT2D eigenvalue weighted by Gasteiger charge is 2.11. The van der Waals surface area contributed by atoms with Gasteiger partial charge in [0.2, 0.25) is 0 Å². The van der Waals surface area contributed by atoms with Gasteiger partial charge in [0, 0.05) is 15.3 Å². The van der Waals surface area contributed by atoms with Crippen LogP contribution in [0.3, 0.4) is 0 Å². The third-order valence-electron chi connectivity index (χ3n) is 2.54. The largest absolute Gasteiger partial charge is 0.397 e. The molecule has 0 fully saturated rings. The zero-order valence-electron chi connectivity index (χ0n) is 10.2. The summed E-state index contributed by atoms with van der Waals surface area (Å²) in [4.78, 5) is 14.3. The number of carbonyl (C=O) groups is 1. The molecule has 1 heterocycles. The van der Waals surface area contributed by atoms with E-state index >= 15 is 0 Å². The van der Waals surface area contributed by atoms with Crippen molar-refractivity contribution in [3.63, 3.8) is 0 Å². The standard InChI is InChI=1S/C13H12Cl2N2OS/c1-7-2-3-9(19-7)6-17-13(18)8-4-10(14)12(15)11(16)5-8/h2-5H,6,16H2,1H3,(H,17,18). The first-order valence-electron chi connectivity index (χ1n) is 5.55. The van der Waals surface area contributed by atoms with E-state index in [1.165, 1.54) is 17.0 Å². The topological polar surface area (TPSA) is 55.1 Å². The Labute approximate surface area is 125 Å². The van der Waals surface area contributed by atoms with E-state index < -0.39 is 0 Å². The van der Waals surface area contributed by atoms with Crippen LogP contribution in [-0.2, 0) is 6.54 Å². The molecule has 1 aromatic heterocycles. The molecule has 3 N–H and O–H groups in total. The molecule has 0 radical (unpaired) electrons. The van der Waals surface area contributed by atoms with Crippen molar-refractivity contribution in [1.29, 1.82) is 0 Å². The van der Waals surface area contributed by atoms with Crippen LogP contribution in [0.25, 0.3) is 0 Å². The van der Waals surface area contributed by atoms with E-state index in [4.69, 9.17) is 28.9 Å². The van der Waals surface area contributed by atoms with E-state index in [-0.39, 0.29) is 16.0 Å². The maximum absolute atomic E-state index is 12.0. The predicted octanol–water partition coefficient (Wildman–Crippen LogP) is 3.88. The van der Waals surface area contributed by atoms with Gasteiger partial charge in [-0.15, -0.1) is 11.3 Å². The van der Waals surface area contributed by atoms with Gasteiger partial charge >= 0.3 is 0 Å². The molecule has 6 heteroatoms. The monoisotopic (exact) mass is 314 g/mol. The number of nitrogens with two attached hydrogens (primary N) is 1. The molecule has 0 saturated heterocycles. The summed E-state index contributed by atoms with van der Waals surface area (Å²) in [6.07, 6.45) is 0. The van der Waals surface area contributed by atoms with Crippen LogP contribution in [0, 0.1) is 6.92 Å². The minimum absolute atomic E-state index is 0.226. The first-order valence-corrected chi connectivity index (χ1v) is 7.12. The highest BCUT2D eigenvalue weighted by atomic mass is 35.5. The fourth-order valence-electron chi connectivity index (χ4n) is 1.59. The summed E-state index contributed by atoms with van der Waals surface area (Å²) in [7, 11) is 0. The van der Waals surface area contributed by atoms with Gasteiger partial charge < -0.3 is 11.1 Å². The van der Waals surface area contributed by atoms with Gasteiger partial charge in [-0.25, -0.2) is 0 Å². The van der Waals surface area contributed by atoms with Crippen LogP contribution in [-0.4, -0.2) is 5.91 Å². The summed E-state index contributed by atoms with van der Waals surface area (Å²) >= 11 is 13.4. The lowest BCUT2D eigenvalue weighted by Gasteiger charge is -2.07. The molecule has 2 aromatic rings. The maximum Gasteiger partial charge on any atom is 0.251 e. The molecule has 0 aliphatic carbocycles. The third kappa shape index (κ3) is 3.41. The Kier molecular flexibility index (Phi) is 4.34. The molecule has 0 spiro atoms. The summed E-state index contributed by atoms with van der Waals surface area (Å²) in [5.41, 5.74) is 6.38. The Morgan fingerprint density at radius 2 is 2.11 bits per heavy atom. The zero-order valence-corrected chi connectivity index (χ0v) is 12.5. The Balaban J connectivity index is 2.08. The highest BCUT2D eigenvalue weighted by molar-refractivity contribution is 7.11. The van der Waals surface area contributed by atoms with Crippen LogP contribution >= 0.6 is 34.5 Å². The van der Waals surface area contributed by atoms with E-state index in [1.807, 2.05) is 19.1 Å². The summed E-state index contributed by atoms with van der Waals surface area (Å²) in [5.74, 6) is -0.226. The maximum atomic E-state index is 12.0. The van der Waals surface area contributed by atoms with E-state index in [2.05, 4.69) is 5.32 Å². The molecular formula is C13H12Cl2N2OS. The lowest BCUT2D eigenvalue weighted by molar-refractivity contribution is 0.0951. The number of carbonyl (C=O) groups excluding carboxylic acids is 1. The van der Waals surface area contributed by atoms with Gasteiger partial charge in [0.25, 0.3) is 5.91 Å². The van der Waals surface area contributed by atoms with E-state index in [0.717, 1.165) is 4.88 Å². The molecule has 0 aliphatic rings. The minimum Gasteiger partial charge on any atom is -0.397 e. The second-order valence-electron chi connectivity index (χ2n) is 4.06. The fourth-order valence-corrected chi connectivity index (χ4v) is 2.76. The van der Waals surface area contributed by atoms with Gasteiger partial charge in [-0.1, -0.05) is 23.2 Å².